The van der Waals surface area contributed by atoms with Crippen molar-refractivity contribution in [2.24, 2.45) is 5.73 Å². The van der Waals surface area contributed by atoms with Gasteiger partial charge in [0, 0.05) is 43.8 Å². The summed E-state index contributed by atoms with van der Waals surface area (Å²) >= 11 is 5.84. The molecule has 1 aromatic carbocycles. The molecule has 4 rings (SSSR count). The number of benzene rings is 1. The largest absolute Gasteiger partial charge is 0.491 e. The van der Waals surface area contributed by atoms with Crippen LogP contribution < -0.4 is 26.0 Å². The molecule has 10 nitrogen and oxygen atoms in total. The van der Waals surface area contributed by atoms with E-state index in [2.05, 4.69) is 25.5 Å². The van der Waals surface area contributed by atoms with Gasteiger partial charge in [-0.3, -0.25) is 9.59 Å². The Morgan fingerprint density at radius 1 is 1.09 bits per heavy atom. The molecule has 2 amide bonds. The number of carbonyl (C=O) groups is 2. The van der Waals surface area contributed by atoms with Crippen LogP contribution in [0.1, 0.15) is 20.8 Å². The van der Waals surface area contributed by atoms with Gasteiger partial charge in [-0.2, -0.15) is 0 Å². The summed E-state index contributed by atoms with van der Waals surface area (Å²) in [6.07, 6.45) is 2.88. The second kappa shape index (κ2) is 11.6. The van der Waals surface area contributed by atoms with Crippen LogP contribution in [-0.2, 0) is 4.74 Å². The molecule has 0 unspecified atom stereocenters. The molecule has 11 heteroatoms. The molecule has 1 saturated heterocycles. The topological polar surface area (TPSA) is 132 Å². The Balaban J connectivity index is 1.55. The molecule has 2 aromatic heterocycles. The number of nitrogens with two attached hydrogens (primary N) is 1. The number of ether oxygens (including phenoxy) is 2. The van der Waals surface area contributed by atoms with E-state index in [1.807, 2.05) is 12.1 Å². The number of hydrogen-bond donors (Lipinski definition) is 3. The third kappa shape index (κ3) is 6.24. The zero-order valence-corrected chi connectivity index (χ0v) is 19.6. The van der Waals surface area contributed by atoms with Gasteiger partial charge in [0.2, 0.25) is 0 Å². The van der Waals surface area contributed by atoms with Crippen molar-refractivity contribution >= 4 is 40.6 Å². The molecule has 1 aliphatic heterocycles. The van der Waals surface area contributed by atoms with Crippen LogP contribution in [0.3, 0.4) is 0 Å². The first-order valence-electron chi connectivity index (χ1n) is 11.0. The van der Waals surface area contributed by atoms with E-state index in [1.54, 1.807) is 30.3 Å². The molecule has 4 N–H and O–H groups in total. The maximum Gasteiger partial charge on any atom is 0.277 e. The fourth-order valence-corrected chi connectivity index (χ4v) is 3.62. The van der Waals surface area contributed by atoms with E-state index in [1.165, 1.54) is 12.4 Å². The van der Waals surface area contributed by atoms with Crippen LogP contribution in [0.2, 0.25) is 5.02 Å². The van der Waals surface area contributed by atoms with Crippen molar-refractivity contribution in [1.82, 2.24) is 9.97 Å². The van der Waals surface area contributed by atoms with Crippen molar-refractivity contribution < 1.29 is 19.1 Å². The Hall–Kier alpha value is -3.73. The maximum atomic E-state index is 13.2. The van der Waals surface area contributed by atoms with Gasteiger partial charge in [0.25, 0.3) is 11.8 Å². The number of halogens is 1. The number of carbonyl (C=O) groups excluding carboxylic acids is 2. The van der Waals surface area contributed by atoms with E-state index >= 15 is 0 Å². The first kappa shape index (κ1) is 24.4. The van der Waals surface area contributed by atoms with Gasteiger partial charge in [0.15, 0.2) is 5.69 Å². The zero-order chi connectivity index (χ0) is 24.6. The minimum Gasteiger partial charge on any atom is -0.491 e. The number of anilines is 3. The Morgan fingerprint density at radius 3 is 2.66 bits per heavy atom. The molecule has 1 aliphatic rings. The van der Waals surface area contributed by atoms with Gasteiger partial charge in [-0.15, -0.1) is 0 Å². The maximum absolute atomic E-state index is 13.2. The van der Waals surface area contributed by atoms with Crippen molar-refractivity contribution in [2.45, 2.75) is 0 Å². The molecular weight excluding hydrogens is 472 g/mol. The monoisotopic (exact) mass is 496 g/mol. The number of rotatable bonds is 8. The van der Waals surface area contributed by atoms with Gasteiger partial charge in [0.1, 0.15) is 18.2 Å². The molecule has 0 spiro atoms. The fourth-order valence-electron chi connectivity index (χ4n) is 3.51. The summed E-state index contributed by atoms with van der Waals surface area (Å²) in [6, 6.07) is 11.8. The standard InChI is InChI=1S/C24H25ClN6O4/c25-16-3-6-21(28-15-16)30-24(33)22-19(2-1-8-27-22)29-23(32)18-5-4-17(14-20(18)35-11-7-26)31-9-12-34-13-10-31/h1-6,8,14-15H,7,9-13,26H2,(H,29,32)(H,28,30,33). The zero-order valence-electron chi connectivity index (χ0n) is 18.9. The summed E-state index contributed by atoms with van der Waals surface area (Å²) < 4.78 is 11.2. The number of hydrogen-bond acceptors (Lipinski definition) is 8. The lowest BCUT2D eigenvalue weighted by molar-refractivity contribution is 0.102. The third-order valence-corrected chi connectivity index (χ3v) is 5.43. The molecule has 0 atom stereocenters. The minimum atomic E-state index is -0.530. The summed E-state index contributed by atoms with van der Waals surface area (Å²) in [5.74, 6) is -0.272. The van der Waals surface area contributed by atoms with E-state index in [-0.39, 0.29) is 18.0 Å². The van der Waals surface area contributed by atoms with Gasteiger partial charge in [0.05, 0.1) is 29.5 Å². The predicted octanol–water partition coefficient (Wildman–Crippen LogP) is 2.81. The lowest BCUT2D eigenvalue weighted by Gasteiger charge is -2.29. The highest BCUT2D eigenvalue weighted by atomic mass is 35.5. The Labute approximate surface area is 207 Å². The highest BCUT2D eigenvalue weighted by Crippen LogP contribution is 2.28. The minimum absolute atomic E-state index is 0.0342. The average Bonchev–Trinajstić information content (AvgIpc) is 2.89. The summed E-state index contributed by atoms with van der Waals surface area (Å²) in [6.45, 7) is 3.32. The summed E-state index contributed by atoms with van der Waals surface area (Å²) in [5.41, 5.74) is 7.12. The van der Waals surface area contributed by atoms with Crippen molar-refractivity contribution in [3.05, 3.63) is 71.1 Å². The molecular formula is C24H25ClN6O4. The van der Waals surface area contributed by atoms with Crippen LogP contribution in [0.4, 0.5) is 17.2 Å². The molecule has 0 aliphatic carbocycles. The first-order chi connectivity index (χ1) is 17.0. The van der Waals surface area contributed by atoms with Gasteiger partial charge in [-0.25, -0.2) is 9.97 Å². The Bertz CT molecular complexity index is 1180. The summed E-state index contributed by atoms with van der Waals surface area (Å²) in [5, 5.41) is 5.86. The first-order valence-corrected chi connectivity index (χ1v) is 11.4. The number of nitrogens with one attached hydrogen (secondary N) is 2. The summed E-state index contributed by atoms with van der Waals surface area (Å²) in [4.78, 5) is 36.4. The molecule has 182 valence electrons. The molecule has 0 radical (unpaired) electrons. The van der Waals surface area contributed by atoms with E-state index < -0.39 is 11.8 Å². The smallest absolute Gasteiger partial charge is 0.277 e. The van der Waals surface area contributed by atoms with Gasteiger partial charge in [-0.05, 0) is 36.4 Å². The second-order valence-electron chi connectivity index (χ2n) is 7.59. The molecule has 1 fully saturated rings. The lowest BCUT2D eigenvalue weighted by atomic mass is 10.1. The normalized spacial score (nSPS) is 13.3. The number of morpholine rings is 1. The van der Waals surface area contributed by atoms with Gasteiger partial charge < -0.3 is 30.7 Å². The van der Waals surface area contributed by atoms with Crippen LogP contribution in [0, 0.1) is 0 Å². The molecule has 35 heavy (non-hydrogen) atoms. The van der Waals surface area contributed by atoms with Gasteiger partial charge in [-0.1, -0.05) is 11.6 Å². The van der Waals surface area contributed by atoms with E-state index in [0.717, 1.165) is 18.8 Å². The van der Waals surface area contributed by atoms with Gasteiger partial charge >= 0.3 is 0 Å². The van der Waals surface area contributed by atoms with Crippen LogP contribution in [-0.4, -0.2) is 61.2 Å². The average molecular weight is 497 g/mol. The Morgan fingerprint density at radius 2 is 1.91 bits per heavy atom. The second-order valence-corrected chi connectivity index (χ2v) is 8.02. The van der Waals surface area contributed by atoms with E-state index in [9.17, 15) is 9.59 Å². The summed E-state index contributed by atoms with van der Waals surface area (Å²) in [7, 11) is 0. The number of nitrogens with zero attached hydrogens (tertiary/aromatic N) is 3. The molecule has 0 saturated carbocycles. The third-order valence-electron chi connectivity index (χ3n) is 5.20. The van der Waals surface area contributed by atoms with Crippen LogP contribution >= 0.6 is 11.6 Å². The van der Waals surface area contributed by atoms with Crippen molar-refractivity contribution in [1.29, 1.82) is 0 Å². The SMILES string of the molecule is NCCOc1cc(N2CCOCC2)ccc1C(=O)Nc1cccnc1C(=O)Nc1ccc(Cl)cn1. The van der Waals surface area contributed by atoms with E-state index in [4.69, 9.17) is 26.8 Å². The quantitative estimate of drug-likeness (QED) is 0.433. The number of amides is 2. The predicted molar refractivity (Wildman–Crippen MR) is 133 cm³/mol. The van der Waals surface area contributed by atoms with Crippen molar-refractivity contribution in [3.8, 4) is 5.75 Å². The van der Waals surface area contributed by atoms with Crippen molar-refractivity contribution in [3.63, 3.8) is 0 Å². The van der Waals surface area contributed by atoms with Crippen LogP contribution in [0.25, 0.3) is 0 Å². The molecule has 0 bridgehead atoms. The fraction of sp³-hybridized carbons (Fsp3) is 0.250. The van der Waals surface area contributed by atoms with Crippen LogP contribution in [0.5, 0.6) is 5.75 Å². The van der Waals surface area contributed by atoms with Crippen LogP contribution in [0.15, 0.2) is 54.9 Å². The van der Waals surface area contributed by atoms with Crippen molar-refractivity contribution in [2.75, 3.05) is 55.0 Å². The molecule has 3 aromatic rings. The molecule has 3 heterocycles. The highest BCUT2D eigenvalue weighted by Gasteiger charge is 2.20. The lowest BCUT2D eigenvalue weighted by Crippen LogP contribution is -2.36. The van der Waals surface area contributed by atoms with E-state index in [0.29, 0.717) is 41.9 Å². The number of aromatic nitrogens is 2. The number of pyridine rings is 2. The highest BCUT2D eigenvalue weighted by molar-refractivity contribution is 6.30. The Kier molecular flexibility index (Phi) is 8.09.